The topological polar surface area (TPSA) is 78.9 Å². The summed E-state index contributed by atoms with van der Waals surface area (Å²) in [4.78, 5) is 38.0. The third kappa shape index (κ3) is 48.5. The summed E-state index contributed by atoms with van der Waals surface area (Å²) >= 11 is 0. The standard InChI is InChI=1S/C55H100O6/c1-4-7-10-13-16-19-22-25-27-30-32-35-38-41-44-47-53(56)59-50-52(61-55(58)49-46-43-40-37-34-29-24-21-18-15-12-9-6-3)51-60-54(57)48-45-42-39-36-33-31-28-26-23-20-17-14-11-8-5-2/h16,19,25-28,52H,4-15,17-18,20-24,29-51H2,1-3H3/b19-16+,27-25+,28-26+. The van der Waals surface area contributed by atoms with E-state index in [-0.39, 0.29) is 31.1 Å². The maximum Gasteiger partial charge on any atom is 0.306 e. The van der Waals surface area contributed by atoms with Crippen LogP contribution >= 0.6 is 0 Å². The van der Waals surface area contributed by atoms with E-state index >= 15 is 0 Å². The Balaban J connectivity index is 4.38. The van der Waals surface area contributed by atoms with Gasteiger partial charge in [0.05, 0.1) is 0 Å². The van der Waals surface area contributed by atoms with Crippen LogP contribution in [0.4, 0.5) is 0 Å². The van der Waals surface area contributed by atoms with Crippen LogP contribution in [-0.2, 0) is 28.6 Å². The molecule has 0 saturated heterocycles. The van der Waals surface area contributed by atoms with Gasteiger partial charge in [-0.05, 0) is 77.0 Å². The molecule has 0 aliphatic carbocycles. The van der Waals surface area contributed by atoms with Crippen LogP contribution < -0.4 is 0 Å². The Bertz CT molecular complexity index is 1030. The lowest BCUT2D eigenvalue weighted by Crippen LogP contribution is -2.30. The molecule has 0 N–H and O–H groups in total. The molecule has 61 heavy (non-hydrogen) atoms. The summed E-state index contributed by atoms with van der Waals surface area (Å²) in [7, 11) is 0. The number of rotatable bonds is 48. The lowest BCUT2D eigenvalue weighted by Gasteiger charge is -2.18. The average Bonchev–Trinajstić information content (AvgIpc) is 3.26. The van der Waals surface area contributed by atoms with Crippen molar-refractivity contribution in [3.8, 4) is 0 Å². The molecule has 1 unspecified atom stereocenters. The van der Waals surface area contributed by atoms with Gasteiger partial charge >= 0.3 is 17.9 Å². The number of carbonyl (C=O) groups excluding carboxylic acids is 3. The van der Waals surface area contributed by atoms with Crippen molar-refractivity contribution in [2.45, 2.75) is 284 Å². The first kappa shape index (κ1) is 58.6. The first-order chi connectivity index (χ1) is 30.0. The second-order valence-electron chi connectivity index (χ2n) is 17.8. The van der Waals surface area contributed by atoms with Crippen LogP contribution in [0, 0.1) is 0 Å². The first-order valence-corrected chi connectivity index (χ1v) is 26.5. The molecule has 1 atom stereocenters. The van der Waals surface area contributed by atoms with Crippen molar-refractivity contribution in [1.82, 2.24) is 0 Å². The van der Waals surface area contributed by atoms with Gasteiger partial charge in [-0.3, -0.25) is 14.4 Å². The zero-order valence-electron chi connectivity index (χ0n) is 40.7. The molecule has 0 radical (unpaired) electrons. The fourth-order valence-corrected chi connectivity index (χ4v) is 7.59. The van der Waals surface area contributed by atoms with Gasteiger partial charge in [0.1, 0.15) is 13.2 Å². The van der Waals surface area contributed by atoms with Crippen molar-refractivity contribution in [3.63, 3.8) is 0 Å². The minimum absolute atomic E-state index is 0.0782. The summed E-state index contributed by atoms with van der Waals surface area (Å²) in [6, 6.07) is 0. The molecule has 0 fully saturated rings. The Kier molecular flexibility index (Phi) is 48.3. The molecule has 0 aromatic rings. The van der Waals surface area contributed by atoms with Crippen LogP contribution in [0.15, 0.2) is 36.5 Å². The zero-order valence-corrected chi connectivity index (χ0v) is 40.7. The van der Waals surface area contributed by atoms with Gasteiger partial charge in [0.2, 0.25) is 0 Å². The molecule has 0 spiro atoms. The van der Waals surface area contributed by atoms with Crippen LogP contribution in [0.25, 0.3) is 0 Å². The van der Waals surface area contributed by atoms with Crippen molar-refractivity contribution >= 4 is 17.9 Å². The largest absolute Gasteiger partial charge is 0.462 e. The molecule has 0 amide bonds. The minimum Gasteiger partial charge on any atom is -0.462 e. The van der Waals surface area contributed by atoms with Gasteiger partial charge in [0, 0.05) is 19.3 Å². The molecular formula is C55H100O6. The van der Waals surface area contributed by atoms with Gasteiger partial charge in [-0.15, -0.1) is 0 Å². The quantitative estimate of drug-likeness (QED) is 0.0262. The number of ether oxygens (including phenoxy) is 3. The van der Waals surface area contributed by atoms with Gasteiger partial charge < -0.3 is 14.2 Å². The monoisotopic (exact) mass is 857 g/mol. The van der Waals surface area contributed by atoms with Crippen LogP contribution in [-0.4, -0.2) is 37.2 Å². The van der Waals surface area contributed by atoms with E-state index in [0.717, 1.165) is 83.5 Å². The van der Waals surface area contributed by atoms with Crippen LogP contribution in [0.3, 0.4) is 0 Å². The molecule has 0 aromatic carbocycles. The fourth-order valence-electron chi connectivity index (χ4n) is 7.59. The van der Waals surface area contributed by atoms with E-state index in [0.29, 0.717) is 19.3 Å². The van der Waals surface area contributed by atoms with Crippen LogP contribution in [0.2, 0.25) is 0 Å². The van der Waals surface area contributed by atoms with E-state index in [4.69, 9.17) is 14.2 Å². The Morgan fingerprint density at radius 2 is 0.590 bits per heavy atom. The molecule has 6 nitrogen and oxygen atoms in total. The Morgan fingerprint density at radius 3 is 0.951 bits per heavy atom. The van der Waals surface area contributed by atoms with E-state index in [1.807, 2.05) is 0 Å². The van der Waals surface area contributed by atoms with Gasteiger partial charge in [-0.25, -0.2) is 0 Å². The predicted molar refractivity (Wildman–Crippen MR) is 261 cm³/mol. The summed E-state index contributed by atoms with van der Waals surface area (Å²) in [6.07, 6.45) is 58.3. The number of carbonyl (C=O) groups is 3. The van der Waals surface area contributed by atoms with E-state index in [2.05, 4.69) is 57.2 Å². The van der Waals surface area contributed by atoms with Crippen molar-refractivity contribution < 1.29 is 28.6 Å². The molecule has 0 aliphatic rings. The highest BCUT2D eigenvalue weighted by Crippen LogP contribution is 2.15. The van der Waals surface area contributed by atoms with Crippen LogP contribution in [0.1, 0.15) is 278 Å². The van der Waals surface area contributed by atoms with Crippen molar-refractivity contribution in [2.24, 2.45) is 0 Å². The Labute approximate surface area is 378 Å². The summed E-state index contributed by atoms with van der Waals surface area (Å²) in [5.74, 6) is -0.888. The molecule has 0 aliphatic heterocycles. The maximum absolute atomic E-state index is 12.8. The maximum atomic E-state index is 12.8. The molecular weight excluding hydrogens is 757 g/mol. The summed E-state index contributed by atoms with van der Waals surface area (Å²) in [6.45, 7) is 6.61. The first-order valence-electron chi connectivity index (χ1n) is 26.5. The van der Waals surface area contributed by atoms with Crippen molar-refractivity contribution in [2.75, 3.05) is 13.2 Å². The predicted octanol–water partition coefficient (Wildman–Crippen LogP) is 17.3. The van der Waals surface area contributed by atoms with Gasteiger partial charge in [-0.2, -0.15) is 0 Å². The van der Waals surface area contributed by atoms with Crippen LogP contribution in [0.5, 0.6) is 0 Å². The SMILES string of the molecule is CCCCC/C=C/C/C=C/CCCCCCCC(=O)OCC(COC(=O)CCCCCCC/C=C/CCCCCCCC)OC(=O)CCCCCCCCCCCCCCC. The van der Waals surface area contributed by atoms with E-state index in [9.17, 15) is 14.4 Å². The third-order valence-corrected chi connectivity index (χ3v) is 11.6. The lowest BCUT2D eigenvalue weighted by molar-refractivity contribution is -0.167. The minimum atomic E-state index is -0.777. The summed E-state index contributed by atoms with van der Waals surface area (Å²) in [5.41, 5.74) is 0. The molecule has 0 heterocycles. The second kappa shape index (κ2) is 50.3. The fraction of sp³-hybridized carbons (Fsp3) is 0.836. The normalized spacial score (nSPS) is 12.2. The van der Waals surface area contributed by atoms with E-state index in [1.165, 1.54) is 154 Å². The van der Waals surface area contributed by atoms with E-state index < -0.39 is 6.10 Å². The summed E-state index contributed by atoms with van der Waals surface area (Å²) < 4.78 is 16.8. The number of hydrogen-bond donors (Lipinski definition) is 0. The third-order valence-electron chi connectivity index (χ3n) is 11.6. The van der Waals surface area contributed by atoms with Gasteiger partial charge in [-0.1, -0.05) is 218 Å². The molecule has 0 aromatic heterocycles. The highest BCUT2D eigenvalue weighted by atomic mass is 16.6. The Morgan fingerprint density at radius 1 is 0.328 bits per heavy atom. The number of esters is 3. The molecule has 0 bridgehead atoms. The van der Waals surface area contributed by atoms with Gasteiger partial charge in [0.15, 0.2) is 6.10 Å². The second-order valence-corrected chi connectivity index (χ2v) is 17.8. The smallest absolute Gasteiger partial charge is 0.306 e. The summed E-state index contributed by atoms with van der Waals surface area (Å²) in [5, 5.41) is 0. The van der Waals surface area contributed by atoms with Crippen molar-refractivity contribution in [3.05, 3.63) is 36.5 Å². The lowest BCUT2D eigenvalue weighted by atomic mass is 10.0. The molecule has 6 heteroatoms. The molecule has 0 saturated carbocycles. The number of hydrogen-bond acceptors (Lipinski definition) is 6. The highest BCUT2D eigenvalue weighted by molar-refractivity contribution is 5.71. The zero-order chi connectivity index (χ0) is 44.4. The number of allylic oxidation sites excluding steroid dienone is 6. The Hall–Kier alpha value is -2.37. The number of unbranched alkanes of at least 4 members (excludes halogenated alkanes) is 31. The average molecular weight is 857 g/mol. The highest BCUT2D eigenvalue weighted by Gasteiger charge is 2.19. The van der Waals surface area contributed by atoms with E-state index in [1.54, 1.807) is 0 Å². The van der Waals surface area contributed by atoms with Crippen molar-refractivity contribution in [1.29, 1.82) is 0 Å². The molecule has 356 valence electrons. The molecule has 0 rings (SSSR count). The van der Waals surface area contributed by atoms with Gasteiger partial charge in [0.25, 0.3) is 0 Å².